The zero-order valence-electron chi connectivity index (χ0n) is 20.4. The van der Waals surface area contributed by atoms with Crippen molar-refractivity contribution in [3.05, 3.63) is 44.7 Å². The number of aryl methyl sites for hydroxylation is 1. The van der Waals surface area contributed by atoms with E-state index in [-0.39, 0.29) is 29.4 Å². The van der Waals surface area contributed by atoms with Crippen LogP contribution in [-0.4, -0.2) is 56.2 Å². The summed E-state index contributed by atoms with van der Waals surface area (Å²) in [4.78, 5) is 48.0. The zero-order valence-corrected chi connectivity index (χ0v) is 22.1. The number of ether oxygens (including phenoxy) is 1. The normalized spacial score (nSPS) is 19.1. The van der Waals surface area contributed by atoms with Crippen LogP contribution >= 0.6 is 24.0 Å². The Kier molecular flexibility index (Phi) is 7.61. The predicted octanol–water partition coefficient (Wildman–Crippen LogP) is 3.78. The fourth-order valence-corrected chi connectivity index (χ4v) is 5.87. The second kappa shape index (κ2) is 10.5. The fourth-order valence-electron chi connectivity index (χ4n) is 4.43. The molecule has 0 saturated carbocycles. The van der Waals surface area contributed by atoms with E-state index in [9.17, 15) is 14.4 Å². The number of aromatic nitrogens is 2. The monoisotopic (exact) mass is 514 g/mol. The summed E-state index contributed by atoms with van der Waals surface area (Å²) < 4.78 is 7.21. The first kappa shape index (κ1) is 25.4. The second-order valence-corrected chi connectivity index (χ2v) is 10.5. The van der Waals surface area contributed by atoms with E-state index in [2.05, 4.69) is 0 Å². The van der Waals surface area contributed by atoms with Gasteiger partial charge in [-0.1, -0.05) is 37.0 Å². The van der Waals surface area contributed by atoms with Gasteiger partial charge in [-0.2, -0.15) is 0 Å². The molecule has 4 rings (SSSR count). The van der Waals surface area contributed by atoms with Crippen molar-refractivity contribution in [1.82, 2.24) is 14.3 Å². The van der Waals surface area contributed by atoms with E-state index in [1.54, 1.807) is 24.1 Å². The van der Waals surface area contributed by atoms with Gasteiger partial charge in [-0.15, -0.1) is 0 Å². The van der Waals surface area contributed by atoms with Gasteiger partial charge in [0.15, 0.2) is 0 Å². The van der Waals surface area contributed by atoms with Gasteiger partial charge in [0, 0.05) is 25.3 Å². The molecule has 4 heterocycles. The summed E-state index contributed by atoms with van der Waals surface area (Å²) in [5.74, 6) is 0.00340. The van der Waals surface area contributed by atoms with Crippen LogP contribution in [0.15, 0.2) is 28.0 Å². The molecule has 10 heteroatoms. The third-order valence-electron chi connectivity index (χ3n) is 6.61. The van der Waals surface area contributed by atoms with Crippen LogP contribution in [0.5, 0.6) is 0 Å². The summed E-state index contributed by atoms with van der Waals surface area (Å²) in [6.45, 7) is 9.17. The molecule has 0 radical (unpaired) electrons. The van der Waals surface area contributed by atoms with Crippen LogP contribution in [0.2, 0.25) is 0 Å². The number of thioether (sulfide) groups is 1. The van der Waals surface area contributed by atoms with E-state index >= 15 is 0 Å². The lowest BCUT2D eigenvalue weighted by Gasteiger charge is -2.32. The molecular weight excluding hydrogens is 484 g/mol. The van der Waals surface area contributed by atoms with Crippen LogP contribution < -0.4 is 10.5 Å². The van der Waals surface area contributed by atoms with E-state index in [4.69, 9.17) is 21.9 Å². The SMILES string of the molecule is CCOC(=O)C1CCN(c2nc3c(C)cccn3c(=O)c2C=C2SC(=S)N(C(C)CC)C2=O)CC1. The first-order valence-electron chi connectivity index (χ1n) is 12.0. The van der Waals surface area contributed by atoms with Crippen molar-refractivity contribution in [1.29, 1.82) is 0 Å². The Morgan fingerprint density at radius 1 is 1.31 bits per heavy atom. The van der Waals surface area contributed by atoms with Gasteiger partial charge in [0.05, 0.1) is 23.0 Å². The Morgan fingerprint density at radius 3 is 2.69 bits per heavy atom. The van der Waals surface area contributed by atoms with Gasteiger partial charge in [0.1, 0.15) is 15.8 Å². The quantitative estimate of drug-likeness (QED) is 0.327. The lowest BCUT2D eigenvalue weighted by Crippen LogP contribution is -2.39. The molecule has 0 bridgehead atoms. The number of hydrogen-bond acceptors (Lipinski definition) is 8. The van der Waals surface area contributed by atoms with E-state index in [0.717, 1.165) is 12.0 Å². The van der Waals surface area contributed by atoms with Crippen molar-refractivity contribution in [2.75, 3.05) is 24.6 Å². The van der Waals surface area contributed by atoms with E-state index in [1.807, 2.05) is 37.8 Å². The number of nitrogens with zero attached hydrogens (tertiary/aromatic N) is 4. The molecule has 1 unspecified atom stereocenters. The van der Waals surface area contributed by atoms with Crippen molar-refractivity contribution in [3.63, 3.8) is 0 Å². The minimum Gasteiger partial charge on any atom is -0.466 e. The molecule has 2 saturated heterocycles. The van der Waals surface area contributed by atoms with Gasteiger partial charge in [0.25, 0.3) is 11.5 Å². The van der Waals surface area contributed by atoms with Crippen LogP contribution in [0.25, 0.3) is 11.7 Å². The molecule has 2 aromatic rings. The Bertz CT molecular complexity index is 1260. The smallest absolute Gasteiger partial charge is 0.309 e. The number of hydrogen-bond donors (Lipinski definition) is 0. The first-order valence-corrected chi connectivity index (χ1v) is 13.2. The highest BCUT2D eigenvalue weighted by atomic mass is 32.2. The van der Waals surface area contributed by atoms with Crippen LogP contribution in [0.4, 0.5) is 5.82 Å². The zero-order chi connectivity index (χ0) is 25.3. The standard InChI is InChI=1S/C25H30N4O4S2/c1-5-16(4)29-23(31)19(35-25(29)34)14-18-21(26-20-15(3)8-7-11-28(20)22(18)30)27-12-9-17(10-13-27)24(32)33-6-2/h7-8,11,14,16-17H,5-6,9-10,12-13H2,1-4H3. The topological polar surface area (TPSA) is 84.2 Å². The van der Waals surface area contributed by atoms with Gasteiger partial charge in [-0.25, -0.2) is 4.98 Å². The molecule has 1 amide bonds. The molecule has 8 nitrogen and oxygen atoms in total. The molecule has 0 aromatic carbocycles. The molecular formula is C25H30N4O4S2. The first-order chi connectivity index (χ1) is 16.8. The second-order valence-electron chi connectivity index (χ2n) is 8.86. The molecule has 0 aliphatic carbocycles. The van der Waals surface area contributed by atoms with E-state index < -0.39 is 0 Å². The van der Waals surface area contributed by atoms with Crippen molar-refractivity contribution < 1.29 is 14.3 Å². The summed E-state index contributed by atoms with van der Waals surface area (Å²) in [6.07, 6.45) is 5.33. The summed E-state index contributed by atoms with van der Waals surface area (Å²) in [6, 6.07) is 3.70. The third-order valence-corrected chi connectivity index (χ3v) is 7.94. The summed E-state index contributed by atoms with van der Waals surface area (Å²) >= 11 is 6.69. The number of anilines is 1. The number of carbonyl (C=O) groups is 2. The number of piperidine rings is 1. The average Bonchev–Trinajstić information content (AvgIpc) is 3.13. The highest BCUT2D eigenvalue weighted by Crippen LogP contribution is 2.35. The largest absolute Gasteiger partial charge is 0.466 e. The maximum Gasteiger partial charge on any atom is 0.309 e. The Balaban J connectivity index is 1.77. The van der Waals surface area contributed by atoms with Crippen molar-refractivity contribution in [2.24, 2.45) is 5.92 Å². The van der Waals surface area contributed by atoms with E-state index in [1.165, 1.54) is 16.2 Å². The molecule has 0 N–H and O–H groups in total. The summed E-state index contributed by atoms with van der Waals surface area (Å²) in [5.41, 5.74) is 1.56. The van der Waals surface area contributed by atoms with E-state index in [0.29, 0.717) is 58.8 Å². The minimum absolute atomic E-state index is 0.0201. The van der Waals surface area contributed by atoms with Gasteiger partial charge < -0.3 is 9.64 Å². The molecule has 1 atom stereocenters. The van der Waals surface area contributed by atoms with Crippen LogP contribution in [-0.2, 0) is 14.3 Å². The molecule has 2 fully saturated rings. The molecule has 2 aromatic heterocycles. The van der Waals surface area contributed by atoms with Crippen LogP contribution in [0.1, 0.15) is 51.2 Å². The van der Waals surface area contributed by atoms with Crippen molar-refractivity contribution in [2.45, 2.75) is 53.0 Å². The van der Waals surface area contributed by atoms with Crippen LogP contribution in [0.3, 0.4) is 0 Å². The number of fused-ring (bicyclic) bond motifs is 1. The number of pyridine rings is 1. The highest BCUT2D eigenvalue weighted by Gasteiger charge is 2.36. The maximum atomic E-state index is 13.7. The third kappa shape index (κ3) is 4.86. The molecule has 35 heavy (non-hydrogen) atoms. The number of amides is 1. The van der Waals surface area contributed by atoms with Gasteiger partial charge in [0.2, 0.25) is 0 Å². The minimum atomic E-state index is -0.241. The van der Waals surface area contributed by atoms with Crippen molar-refractivity contribution >= 4 is 57.7 Å². The molecule has 2 aliphatic heterocycles. The van der Waals surface area contributed by atoms with Gasteiger partial charge >= 0.3 is 5.97 Å². The molecule has 2 aliphatic rings. The Hall–Kier alpha value is -2.72. The highest BCUT2D eigenvalue weighted by molar-refractivity contribution is 8.26. The molecule has 186 valence electrons. The lowest BCUT2D eigenvalue weighted by atomic mass is 9.96. The fraction of sp³-hybridized carbons (Fsp3) is 0.480. The lowest BCUT2D eigenvalue weighted by molar-refractivity contribution is -0.148. The molecule has 0 spiro atoms. The van der Waals surface area contributed by atoms with Gasteiger partial charge in [-0.05, 0) is 57.7 Å². The van der Waals surface area contributed by atoms with Gasteiger partial charge in [-0.3, -0.25) is 23.7 Å². The maximum absolute atomic E-state index is 13.7. The Morgan fingerprint density at radius 2 is 2.03 bits per heavy atom. The number of thiocarbonyl (C=S) groups is 1. The van der Waals surface area contributed by atoms with Crippen molar-refractivity contribution in [3.8, 4) is 0 Å². The summed E-state index contributed by atoms with van der Waals surface area (Å²) in [5, 5.41) is 0. The average molecular weight is 515 g/mol. The number of rotatable bonds is 6. The predicted molar refractivity (Wildman–Crippen MR) is 143 cm³/mol. The Labute approximate surface area is 214 Å². The van der Waals surface area contributed by atoms with Crippen LogP contribution in [0, 0.1) is 12.8 Å². The number of esters is 1. The number of carbonyl (C=O) groups excluding carboxylic acids is 2. The summed E-state index contributed by atoms with van der Waals surface area (Å²) in [7, 11) is 0.